The van der Waals surface area contributed by atoms with Crippen molar-refractivity contribution in [1.82, 2.24) is 20.3 Å². The number of fused-ring (bicyclic) bond motifs is 2. The van der Waals surface area contributed by atoms with E-state index in [4.69, 9.17) is 12.2 Å². The van der Waals surface area contributed by atoms with Gasteiger partial charge in [0.25, 0.3) is 5.91 Å². The minimum Gasteiger partial charge on any atom is -0.332 e. The molecule has 5 rings (SSSR count). The summed E-state index contributed by atoms with van der Waals surface area (Å²) in [6, 6.07) is 25.5. The molecule has 0 aliphatic rings. The Morgan fingerprint density at radius 1 is 0.914 bits per heavy atom. The molecule has 1 amide bonds. The third-order valence-corrected chi connectivity index (χ3v) is 6.23. The Morgan fingerprint density at radius 3 is 2.34 bits per heavy atom. The molecular weight excluding hydrogens is 454 g/mol. The van der Waals surface area contributed by atoms with E-state index >= 15 is 0 Å². The SMILES string of the molecule is Cc1cc2nn(-c3ccc(C(C)C)cc3)nc2cc1NC(=S)NC(=O)c1cccc2ccccc12. The number of aryl methyl sites for hydroxylation is 1. The second-order valence-electron chi connectivity index (χ2n) is 8.83. The summed E-state index contributed by atoms with van der Waals surface area (Å²) in [5.74, 6) is 0.212. The highest BCUT2D eigenvalue weighted by atomic mass is 32.1. The topological polar surface area (TPSA) is 71.8 Å². The molecule has 1 aromatic heterocycles. The lowest BCUT2D eigenvalue weighted by molar-refractivity contribution is 0.0979. The fourth-order valence-electron chi connectivity index (χ4n) is 4.06. The zero-order valence-electron chi connectivity index (χ0n) is 19.7. The Balaban J connectivity index is 1.35. The molecule has 0 bridgehead atoms. The standard InChI is InChI=1S/C28H25N5OS/c1-17(2)19-11-13-21(14-12-19)33-31-25-15-18(3)24(16-26(25)32-33)29-28(35)30-27(34)23-10-6-8-20-7-4-5-9-22(20)23/h4-17H,1-3H3,(H2,29,30,34,35). The first-order chi connectivity index (χ1) is 16.9. The number of thiocarbonyl (C=S) groups is 1. The third kappa shape index (κ3) is 4.63. The van der Waals surface area contributed by atoms with Gasteiger partial charge in [0, 0.05) is 11.3 Å². The van der Waals surface area contributed by atoms with E-state index in [0.717, 1.165) is 38.7 Å². The van der Waals surface area contributed by atoms with Crippen LogP contribution in [0.2, 0.25) is 0 Å². The van der Waals surface area contributed by atoms with E-state index < -0.39 is 0 Å². The number of anilines is 1. The summed E-state index contributed by atoms with van der Waals surface area (Å²) in [4.78, 5) is 14.6. The number of nitrogens with zero attached hydrogens (tertiary/aromatic N) is 3. The van der Waals surface area contributed by atoms with Crippen LogP contribution in [0.5, 0.6) is 0 Å². The molecule has 0 radical (unpaired) electrons. The van der Waals surface area contributed by atoms with Crippen LogP contribution in [0.1, 0.15) is 41.3 Å². The molecule has 0 atom stereocenters. The minimum atomic E-state index is -0.256. The molecule has 7 heteroatoms. The van der Waals surface area contributed by atoms with Crippen LogP contribution in [-0.2, 0) is 0 Å². The smallest absolute Gasteiger partial charge is 0.258 e. The van der Waals surface area contributed by atoms with Crippen molar-refractivity contribution in [2.24, 2.45) is 0 Å². The predicted octanol–water partition coefficient (Wildman–Crippen LogP) is 6.13. The van der Waals surface area contributed by atoms with E-state index in [1.807, 2.05) is 67.6 Å². The van der Waals surface area contributed by atoms with Gasteiger partial charge in [0.05, 0.1) is 5.69 Å². The van der Waals surface area contributed by atoms with E-state index in [2.05, 4.69) is 46.8 Å². The monoisotopic (exact) mass is 479 g/mol. The fraction of sp³-hybridized carbons (Fsp3) is 0.143. The summed E-state index contributed by atoms with van der Waals surface area (Å²) in [6.07, 6.45) is 0. The highest BCUT2D eigenvalue weighted by molar-refractivity contribution is 7.80. The zero-order chi connectivity index (χ0) is 24.5. The highest BCUT2D eigenvalue weighted by Crippen LogP contribution is 2.23. The number of amides is 1. The number of carbonyl (C=O) groups excluding carboxylic acids is 1. The third-order valence-electron chi connectivity index (χ3n) is 6.03. The number of hydrogen-bond donors (Lipinski definition) is 2. The first kappa shape index (κ1) is 22.7. The van der Waals surface area contributed by atoms with E-state index in [0.29, 0.717) is 11.5 Å². The Labute approximate surface area is 209 Å². The van der Waals surface area contributed by atoms with Crippen molar-refractivity contribution in [1.29, 1.82) is 0 Å². The van der Waals surface area contributed by atoms with Crippen molar-refractivity contribution in [3.63, 3.8) is 0 Å². The number of benzene rings is 4. The van der Waals surface area contributed by atoms with E-state index in [1.54, 1.807) is 10.9 Å². The van der Waals surface area contributed by atoms with Crippen molar-refractivity contribution < 1.29 is 4.79 Å². The normalized spacial score (nSPS) is 11.2. The molecule has 0 aliphatic heterocycles. The zero-order valence-corrected chi connectivity index (χ0v) is 20.6. The largest absolute Gasteiger partial charge is 0.332 e. The quantitative estimate of drug-likeness (QED) is 0.303. The van der Waals surface area contributed by atoms with Crippen molar-refractivity contribution in [3.05, 3.63) is 95.6 Å². The summed E-state index contributed by atoms with van der Waals surface area (Å²) in [5, 5.41) is 17.3. The van der Waals surface area contributed by atoms with Gasteiger partial charge in [-0.15, -0.1) is 10.2 Å². The minimum absolute atomic E-state index is 0.224. The lowest BCUT2D eigenvalue weighted by Gasteiger charge is -2.12. The second kappa shape index (κ2) is 9.27. The van der Waals surface area contributed by atoms with Crippen molar-refractivity contribution in [2.45, 2.75) is 26.7 Å². The maximum absolute atomic E-state index is 12.9. The van der Waals surface area contributed by atoms with Crippen LogP contribution in [0, 0.1) is 6.92 Å². The molecule has 5 aromatic rings. The van der Waals surface area contributed by atoms with Crippen molar-refractivity contribution in [3.8, 4) is 5.69 Å². The number of rotatable bonds is 4. The van der Waals surface area contributed by atoms with Crippen LogP contribution in [-0.4, -0.2) is 26.0 Å². The Hall–Kier alpha value is -4.10. The van der Waals surface area contributed by atoms with E-state index in [-0.39, 0.29) is 11.0 Å². The van der Waals surface area contributed by atoms with E-state index in [9.17, 15) is 4.79 Å². The van der Waals surface area contributed by atoms with Gasteiger partial charge in [-0.2, -0.15) is 4.80 Å². The summed E-state index contributed by atoms with van der Waals surface area (Å²) in [6.45, 7) is 6.30. The summed E-state index contributed by atoms with van der Waals surface area (Å²) < 4.78 is 0. The molecule has 0 fully saturated rings. The van der Waals surface area contributed by atoms with Crippen molar-refractivity contribution >= 4 is 50.7 Å². The van der Waals surface area contributed by atoms with Gasteiger partial charge < -0.3 is 5.32 Å². The number of nitrogens with one attached hydrogen (secondary N) is 2. The lowest BCUT2D eigenvalue weighted by Crippen LogP contribution is -2.34. The molecule has 0 aliphatic carbocycles. The molecule has 0 saturated carbocycles. The predicted molar refractivity (Wildman–Crippen MR) is 145 cm³/mol. The number of hydrogen-bond acceptors (Lipinski definition) is 4. The molecule has 0 unspecified atom stereocenters. The highest BCUT2D eigenvalue weighted by Gasteiger charge is 2.14. The van der Waals surface area contributed by atoms with Gasteiger partial charge in [-0.05, 0) is 77.3 Å². The maximum atomic E-state index is 12.9. The van der Waals surface area contributed by atoms with Gasteiger partial charge in [0.1, 0.15) is 11.0 Å². The Kier molecular flexibility index (Phi) is 6.01. The fourth-order valence-corrected chi connectivity index (χ4v) is 4.26. The summed E-state index contributed by atoms with van der Waals surface area (Å²) in [7, 11) is 0. The van der Waals surface area contributed by atoms with Crippen molar-refractivity contribution in [2.75, 3.05) is 5.32 Å². The van der Waals surface area contributed by atoms with E-state index in [1.165, 1.54) is 5.56 Å². The molecule has 35 heavy (non-hydrogen) atoms. The lowest BCUT2D eigenvalue weighted by atomic mass is 10.0. The molecule has 0 saturated heterocycles. The number of carbonyl (C=O) groups is 1. The molecule has 6 nitrogen and oxygen atoms in total. The Morgan fingerprint density at radius 2 is 1.60 bits per heavy atom. The average molecular weight is 480 g/mol. The maximum Gasteiger partial charge on any atom is 0.258 e. The van der Waals surface area contributed by atoms with Crippen LogP contribution in [0.4, 0.5) is 5.69 Å². The van der Waals surface area contributed by atoms with Crippen LogP contribution < -0.4 is 10.6 Å². The summed E-state index contributed by atoms with van der Waals surface area (Å²) >= 11 is 5.45. The Bertz CT molecular complexity index is 1560. The molecule has 2 N–H and O–H groups in total. The second-order valence-corrected chi connectivity index (χ2v) is 9.23. The van der Waals surface area contributed by atoms with Crippen LogP contribution >= 0.6 is 12.2 Å². The molecule has 174 valence electrons. The van der Waals surface area contributed by atoms with Gasteiger partial charge >= 0.3 is 0 Å². The molecular formula is C28H25N5OS. The average Bonchev–Trinajstić information content (AvgIpc) is 3.26. The van der Waals surface area contributed by atoms with Gasteiger partial charge in [0.15, 0.2) is 5.11 Å². The molecule has 4 aromatic carbocycles. The van der Waals surface area contributed by atoms with Gasteiger partial charge in [-0.25, -0.2) is 0 Å². The van der Waals surface area contributed by atoms with Gasteiger partial charge in [0.2, 0.25) is 0 Å². The molecule has 1 heterocycles. The molecule has 0 spiro atoms. The van der Waals surface area contributed by atoms with Crippen LogP contribution in [0.3, 0.4) is 0 Å². The summed E-state index contributed by atoms with van der Waals surface area (Å²) in [5.41, 5.74) is 5.97. The van der Waals surface area contributed by atoms with Gasteiger partial charge in [-0.3, -0.25) is 10.1 Å². The first-order valence-corrected chi connectivity index (χ1v) is 11.9. The van der Waals surface area contributed by atoms with Crippen LogP contribution in [0.15, 0.2) is 78.9 Å². The number of aromatic nitrogens is 3. The van der Waals surface area contributed by atoms with Crippen LogP contribution in [0.25, 0.3) is 27.5 Å². The van der Waals surface area contributed by atoms with Gasteiger partial charge in [-0.1, -0.05) is 62.4 Å². The first-order valence-electron chi connectivity index (χ1n) is 11.5.